The largest absolute Gasteiger partial charge is 0.619 e. The summed E-state index contributed by atoms with van der Waals surface area (Å²) in [5.41, 5.74) is -1.03. The first-order chi connectivity index (χ1) is 6.12. The maximum absolute atomic E-state index is 13.8. The molecular formula is C9H9ClFNO. The van der Waals surface area contributed by atoms with Gasteiger partial charge in [-0.3, -0.25) is 0 Å². The summed E-state index contributed by atoms with van der Waals surface area (Å²) < 4.78 is 14.4. The number of pyridine rings is 1. The van der Waals surface area contributed by atoms with Crippen LogP contribution < -0.4 is 4.73 Å². The van der Waals surface area contributed by atoms with Gasteiger partial charge in [-0.05, 0) is 19.3 Å². The number of alkyl halides is 1. The lowest BCUT2D eigenvalue weighted by atomic mass is 9.77. The van der Waals surface area contributed by atoms with Crippen molar-refractivity contribution in [2.24, 2.45) is 0 Å². The van der Waals surface area contributed by atoms with E-state index in [4.69, 9.17) is 11.6 Å². The van der Waals surface area contributed by atoms with Crippen LogP contribution in [0.4, 0.5) is 4.39 Å². The molecule has 2 nitrogen and oxygen atoms in total. The normalized spacial score (nSPS) is 19.5. The maximum Gasteiger partial charge on any atom is 0.188 e. The van der Waals surface area contributed by atoms with Crippen molar-refractivity contribution in [1.29, 1.82) is 0 Å². The van der Waals surface area contributed by atoms with E-state index in [2.05, 4.69) is 0 Å². The second-order valence-electron chi connectivity index (χ2n) is 3.39. The van der Waals surface area contributed by atoms with Crippen LogP contribution in [-0.2, 0) is 5.67 Å². The molecule has 0 aliphatic heterocycles. The van der Waals surface area contributed by atoms with Crippen molar-refractivity contribution in [1.82, 2.24) is 0 Å². The first-order valence-electron chi connectivity index (χ1n) is 4.19. The van der Waals surface area contributed by atoms with E-state index in [0.29, 0.717) is 28.2 Å². The molecule has 0 spiro atoms. The third-order valence-corrected chi connectivity index (χ3v) is 2.84. The quantitative estimate of drug-likeness (QED) is 0.506. The molecule has 13 heavy (non-hydrogen) atoms. The predicted molar refractivity (Wildman–Crippen MR) is 47.0 cm³/mol. The van der Waals surface area contributed by atoms with Crippen LogP contribution in [0.5, 0.6) is 0 Å². The van der Waals surface area contributed by atoms with Gasteiger partial charge in [-0.15, -0.1) is 0 Å². The van der Waals surface area contributed by atoms with Gasteiger partial charge in [0.25, 0.3) is 0 Å². The molecule has 4 heteroatoms. The minimum Gasteiger partial charge on any atom is -0.619 e. The number of hydrogen-bond acceptors (Lipinski definition) is 1. The highest BCUT2D eigenvalue weighted by atomic mass is 35.5. The Bertz CT molecular complexity index is 338. The molecule has 0 atom stereocenters. The predicted octanol–water partition coefficient (Wildman–Crippen LogP) is 2.32. The zero-order chi connectivity index (χ0) is 9.47. The van der Waals surface area contributed by atoms with Crippen LogP contribution in [0.2, 0.25) is 5.02 Å². The summed E-state index contributed by atoms with van der Waals surface area (Å²) in [6.45, 7) is 0. The number of hydrogen-bond donors (Lipinski definition) is 0. The lowest BCUT2D eigenvalue weighted by Crippen LogP contribution is -2.34. The molecule has 1 fully saturated rings. The fraction of sp³-hybridized carbons (Fsp3) is 0.444. The topological polar surface area (TPSA) is 26.9 Å². The van der Waals surface area contributed by atoms with Crippen molar-refractivity contribution < 1.29 is 9.12 Å². The van der Waals surface area contributed by atoms with E-state index in [1.165, 1.54) is 18.5 Å². The van der Waals surface area contributed by atoms with Crippen molar-refractivity contribution in [2.45, 2.75) is 24.9 Å². The third-order valence-electron chi connectivity index (χ3n) is 2.51. The van der Waals surface area contributed by atoms with Crippen molar-refractivity contribution in [3.8, 4) is 0 Å². The summed E-state index contributed by atoms with van der Waals surface area (Å²) in [4.78, 5) is 0. The van der Waals surface area contributed by atoms with Gasteiger partial charge < -0.3 is 5.21 Å². The summed E-state index contributed by atoms with van der Waals surface area (Å²) >= 11 is 5.80. The van der Waals surface area contributed by atoms with Gasteiger partial charge in [0.05, 0.1) is 10.6 Å². The molecular weight excluding hydrogens is 193 g/mol. The van der Waals surface area contributed by atoms with Crippen LogP contribution in [0.15, 0.2) is 18.5 Å². The highest BCUT2D eigenvalue weighted by molar-refractivity contribution is 6.31. The van der Waals surface area contributed by atoms with Crippen molar-refractivity contribution in [3.05, 3.63) is 34.3 Å². The van der Waals surface area contributed by atoms with E-state index in [-0.39, 0.29) is 0 Å². The van der Waals surface area contributed by atoms with Gasteiger partial charge in [-0.1, -0.05) is 11.6 Å². The summed E-state index contributed by atoms with van der Waals surface area (Å²) in [5, 5.41) is 11.3. The average molecular weight is 202 g/mol. The molecule has 0 aromatic carbocycles. The molecule has 0 saturated heterocycles. The standard InChI is InChI=1S/C9H9ClFNO/c10-8-2-5-12(13)6-7(8)9(11)3-1-4-9/h2,5-6H,1,3-4H2. The van der Waals surface area contributed by atoms with E-state index in [1.807, 2.05) is 0 Å². The molecule has 1 aliphatic rings. The van der Waals surface area contributed by atoms with Crippen LogP contribution in [-0.4, -0.2) is 0 Å². The van der Waals surface area contributed by atoms with Gasteiger partial charge in [-0.25, -0.2) is 4.39 Å². The van der Waals surface area contributed by atoms with Gasteiger partial charge >= 0.3 is 0 Å². The second kappa shape index (κ2) is 2.84. The molecule has 1 aromatic heterocycles. The Morgan fingerprint density at radius 2 is 2.23 bits per heavy atom. The fourth-order valence-electron chi connectivity index (χ4n) is 1.55. The van der Waals surface area contributed by atoms with Gasteiger partial charge in [0.2, 0.25) is 0 Å². The first-order valence-corrected chi connectivity index (χ1v) is 4.57. The number of nitrogens with zero attached hydrogens (tertiary/aromatic N) is 1. The molecule has 0 bridgehead atoms. The van der Waals surface area contributed by atoms with Crippen molar-refractivity contribution in [2.75, 3.05) is 0 Å². The Labute approximate surface area is 80.5 Å². The van der Waals surface area contributed by atoms with Gasteiger partial charge in [0.1, 0.15) is 5.67 Å². The Morgan fingerprint density at radius 1 is 1.54 bits per heavy atom. The van der Waals surface area contributed by atoms with Crippen LogP contribution in [0.25, 0.3) is 0 Å². The molecule has 1 aliphatic carbocycles. The van der Waals surface area contributed by atoms with E-state index in [9.17, 15) is 9.60 Å². The molecule has 0 unspecified atom stereocenters. The van der Waals surface area contributed by atoms with E-state index in [0.717, 1.165) is 6.42 Å². The Balaban J connectivity index is 2.43. The molecule has 1 aromatic rings. The Kier molecular flexibility index (Phi) is 1.91. The molecule has 0 radical (unpaired) electrons. The van der Waals surface area contributed by atoms with Crippen LogP contribution in [0.3, 0.4) is 0 Å². The monoisotopic (exact) mass is 201 g/mol. The molecule has 1 saturated carbocycles. The first kappa shape index (κ1) is 8.75. The summed E-state index contributed by atoms with van der Waals surface area (Å²) in [6, 6.07) is 1.43. The lowest BCUT2D eigenvalue weighted by molar-refractivity contribution is -0.606. The summed E-state index contributed by atoms with van der Waals surface area (Å²) in [6.07, 6.45) is 4.30. The number of halogens is 2. The maximum atomic E-state index is 13.8. The highest BCUT2D eigenvalue weighted by Crippen LogP contribution is 2.46. The second-order valence-corrected chi connectivity index (χ2v) is 3.79. The van der Waals surface area contributed by atoms with Crippen molar-refractivity contribution >= 4 is 11.6 Å². The van der Waals surface area contributed by atoms with Gasteiger partial charge in [0.15, 0.2) is 12.4 Å². The summed E-state index contributed by atoms with van der Waals surface area (Å²) in [5.74, 6) is 0. The smallest absolute Gasteiger partial charge is 0.188 e. The molecule has 70 valence electrons. The zero-order valence-electron chi connectivity index (χ0n) is 6.96. The zero-order valence-corrected chi connectivity index (χ0v) is 7.72. The Hall–Kier alpha value is -0.830. The van der Waals surface area contributed by atoms with Crippen LogP contribution in [0, 0.1) is 5.21 Å². The fourth-order valence-corrected chi connectivity index (χ4v) is 1.82. The lowest BCUT2D eigenvalue weighted by Gasteiger charge is -2.33. The minimum absolute atomic E-state index is 0.331. The van der Waals surface area contributed by atoms with Crippen LogP contribution >= 0.6 is 11.6 Å². The van der Waals surface area contributed by atoms with Crippen LogP contribution in [0.1, 0.15) is 24.8 Å². The number of rotatable bonds is 1. The summed E-state index contributed by atoms with van der Waals surface area (Å²) in [7, 11) is 0. The Morgan fingerprint density at radius 3 is 2.77 bits per heavy atom. The highest BCUT2D eigenvalue weighted by Gasteiger charge is 2.41. The van der Waals surface area contributed by atoms with Gasteiger partial charge in [0, 0.05) is 6.07 Å². The number of aromatic nitrogens is 1. The molecule has 0 N–H and O–H groups in total. The van der Waals surface area contributed by atoms with E-state index < -0.39 is 5.67 Å². The third kappa shape index (κ3) is 1.37. The van der Waals surface area contributed by atoms with Crippen molar-refractivity contribution in [3.63, 3.8) is 0 Å². The molecule has 0 amide bonds. The van der Waals surface area contributed by atoms with E-state index >= 15 is 0 Å². The SMILES string of the molecule is [O-][n+]1ccc(Cl)c(C2(F)CCC2)c1. The minimum atomic E-state index is -1.36. The molecule has 2 rings (SSSR count). The van der Waals surface area contributed by atoms with Gasteiger partial charge in [-0.2, -0.15) is 4.73 Å². The van der Waals surface area contributed by atoms with E-state index in [1.54, 1.807) is 0 Å². The average Bonchev–Trinajstić information content (AvgIpc) is 2.05. The molecule has 1 heterocycles.